The van der Waals surface area contributed by atoms with Crippen LogP contribution in [0.15, 0.2) is 58.3 Å². The molecule has 0 aromatic heterocycles. The fraction of sp³-hybridized carbons (Fsp3) is 0.333. The molecule has 138 valence electrons. The van der Waals surface area contributed by atoms with Crippen molar-refractivity contribution in [3.05, 3.63) is 59.7 Å². The molecule has 0 N–H and O–H groups in total. The highest BCUT2D eigenvalue weighted by molar-refractivity contribution is 7.89. The van der Waals surface area contributed by atoms with Gasteiger partial charge in [-0.1, -0.05) is 35.4 Å². The van der Waals surface area contributed by atoms with Gasteiger partial charge < -0.3 is 0 Å². The molecule has 2 unspecified atom stereocenters. The SMILES string of the molecule is Cc1ccc(S(=O)(=O)N2C[C@H]2[C@@H]2CN2S(=O)(=O)c2ccc(C)cc2)cc1. The van der Waals surface area contributed by atoms with Gasteiger partial charge in [-0.2, -0.15) is 8.61 Å². The van der Waals surface area contributed by atoms with Crippen LogP contribution in [0.5, 0.6) is 0 Å². The number of nitrogens with zero attached hydrogens (tertiary/aromatic N) is 2. The third-order valence-electron chi connectivity index (χ3n) is 4.91. The van der Waals surface area contributed by atoms with E-state index in [9.17, 15) is 16.8 Å². The molecule has 4 rings (SSSR count). The topological polar surface area (TPSA) is 74.3 Å². The molecule has 2 fully saturated rings. The first-order valence-corrected chi connectivity index (χ1v) is 11.3. The van der Waals surface area contributed by atoms with Gasteiger partial charge in [-0.3, -0.25) is 0 Å². The first-order chi connectivity index (χ1) is 12.2. The van der Waals surface area contributed by atoms with Gasteiger partial charge in [0.05, 0.1) is 21.9 Å². The predicted molar refractivity (Wildman–Crippen MR) is 97.7 cm³/mol. The summed E-state index contributed by atoms with van der Waals surface area (Å²) in [6, 6.07) is 12.9. The molecular formula is C18H20N2O4S2. The van der Waals surface area contributed by atoms with Crippen molar-refractivity contribution in [3.63, 3.8) is 0 Å². The Kier molecular flexibility index (Phi) is 4.00. The van der Waals surface area contributed by atoms with Crippen LogP contribution in [-0.4, -0.2) is 50.6 Å². The van der Waals surface area contributed by atoms with Crippen molar-refractivity contribution in [2.45, 2.75) is 35.7 Å². The summed E-state index contributed by atoms with van der Waals surface area (Å²) in [5.41, 5.74) is 1.98. The average molecular weight is 393 g/mol. The summed E-state index contributed by atoms with van der Waals surface area (Å²) in [5, 5.41) is 0. The van der Waals surface area contributed by atoms with Crippen molar-refractivity contribution in [3.8, 4) is 0 Å². The van der Waals surface area contributed by atoms with E-state index in [-0.39, 0.29) is 21.9 Å². The summed E-state index contributed by atoms with van der Waals surface area (Å²) in [7, 11) is -7.13. The maximum absolute atomic E-state index is 12.7. The van der Waals surface area contributed by atoms with Gasteiger partial charge in [0.15, 0.2) is 0 Å². The summed E-state index contributed by atoms with van der Waals surface area (Å²) >= 11 is 0. The van der Waals surface area contributed by atoms with Crippen molar-refractivity contribution in [2.75, 3.05) is 13.1 Å². The van der Waals surface area contributed by atoms with Crippen LogP contribution in [0.25, 0.3) is 0 Å². The lowest BCUT2D eigenvalue weighted by atomic mass is 10.2. The monoisotopic (exact) mass is 392 g/mol. The zero-order valence-electron chi connectivity index (χ0n) is 14.5. The number of hydrogen-bond donors (Lipinski definition) is 0. The minimum atomic E-state index is -3.56. The Labute approximate surface area is 154 Å². The smallest absolute Gasteiger partial charge is 0.207 e. The maximum atomic E-state index is 12.7. The molecule has 0 saturated carbocycles. The molecule has 0 bridgehead atoms. The molecule has 2 aromatic carbocycles. The Morgan fingerprint density at radius 1 is 0.654 bits per heavy atom. The Morgan fingerprint density at radius 2 is 0.962 bits per heavy atom. The standard InChI is InChI=1S/C18H20N2O4S2/c1-13-3-7-15(8-4-13)25(21,22)19-11-17(19)18-12-20(18)26(23,24)16-9-5-14(2)6-10-16/h3-10,17-18H,11-12H2,1-2H3/t17-,18-,19?,20?/m0/s1. The summed E-state index contributed by atoms with van der Waals surface area (Å²) in [6.45, 7) is 4.52. The van der Waals surface area contributed by atoms with E-state index in [1.54, 1.807) is 48.5 Å². The van der Waals surface area contributed by atoms with Crippen molar-refractivity contribution in [1.82, 2.24) is 8.61 Å². The lowest BCUT2D eigenvalue weighted by Gasteiger charge is -2.08. The van der Waals surface area contributed by atoms with Gasteiger partial charge in [0, 0.05) is 13.1 Å². The lowest BCUT2D eigenvalue weighted by Crippen LogP contribution is -2.21. The van der Waals surface area contributed by atoms with Crippen LogP contribution in [-0.2, 0) is 20.0 Å². The molecule has 2 aromatic rings. The highest BCUT2D eigenvalue weighted by atomic mass is 32.2. The largest absolute Gasteiger partial charge is 0.243 e. The highest BCUT2D eigenvalue weighted by Crippen LogP contribution is 2.40. The van der Waals surface area contributed by atoms with Crippen molar-refractivity contribution in [2.24, 2.45) is 0 Å². The number of rotatable bonds is 5. The van der Waals surface area contributed by atoms with Gasteiger partial charge in [0.2, 0.25) is 20.0 Å². The van der Waals surface area contributed by atoms with Gasteiger partial charge in [0.1, 0.15) is 0 Å². The van der Waals surface area contributed by atoms with E-state index in [1.807, 2.05) is 13.8 Å². The minimum absolute atomic E-state index is 0.249. The summed E-state index contributed by atoms with van der Waals surface area (Å²) < 4.78 is 53.4. The molecule has 2 aliphatic rings. The van der Waals surface area contributed by atoms with Crippen molar-refractivity contribution < 1.29 is 16.8 Å². The van der Waals surface area contributed by atoms with Crippen LogP contribution in [0.1, 0.15) is 11.1 Å². The first kappa shape index (κ1) is 17.7. The molecule has 2 aliphatic heterocycles. The van der Waals surface area contributed by atoms with E-state index in [0.717, 1.165) is 11.1 Å². The number of sulfonamides is 2. The van der Waals surface area contributed by atoms with Gasteiger partial charge >= 0.3 is 0 Å². The van der Waals surface area contributed by atoms with Crippen LogP contribution in [0, 0.1) is 13.8 Å². The fourth-order valence-corrected chi connectivity index (χ4v) is 6.34. The van der Waals surface area contributed by atoms with Crippen LogP contribution in [0.2, 0.25) is 0 Å². The maximum Gasteiger partial charge on any atom is 0.243 e. The van der Waals surface area contributed by atoms with E-state index in [0.29, 0.717) is 13.1 Å². The van der Waals surface area contributed by atoms with Gasteiger partial charge in [0.25, 0.3) is 0 Å². The first-order valence-electron chi connectivity index (χ1n) is 8.38. The zero-order valence-corrected chi connectivity index (χ0v) is 16.2. The Balaban J connectivity index is 1.49. The fourth-order valence-electron chi connectivity index (χ4n) is 3.15. The quantitative estimate of drug-likeness (QED) is 0.727. The molecule has 8 heteroatoms. The second kappa shape index (κ2) is 5.88. The highest BCUT2D eigenvalue weighted by Gasteiger charge is 2.59. The molecule has 0 amide bonds. The molecule has 6 nitrogen and oxygen atoms in total. The predicted octanol–water partition coefficient (Wildman–Crippen LogP) is 1.75. The molecular weight excluding hydrogens is 372 g/mol. The van der Waals surface area contributed by atoms with E-state index in [4.69, 9.17) is 0 Å². The van der Waals surface area contributed by atoms with Crippen LogP contribution in [0.4, 0.5) is 0 Å². The second-order valence-corrected chi connectivity index (χ2v) is 10.7. The Morgan fingerprint density at radius 3 is 1.27 bits per heavy atom. The Bertz CT molecular complexity index is 958. The third kappa shape index (κ3) is 2.96. The van der Waals surface area contributed by atoms with Crippen LogP contribution >= 0.6 is 0 Å². The van der Waals surface area contributed by atoms with E-state index < -0.39 is 20.0 Å². The van der Waals surface area contributed by atoms with Gasteiger partial charge in [-0.15, -0.1) is 0 Å². The summed E-state index contributed by atoms with van der Waals surface area (Å²) in [4.78, 5) is 0.499. The van der Waals surface area contributed by atoms with Gasteiger partial charge in [-0.25, -0.2) is 16.8 Å². The minimum Gasteiger partial charge on any atom is -0.207 e. The third-order valence-corrected chi connectivity index (χ3v) is 8.72. The molecule has 0 radical (unpaired) electrons. The van der Waals surface area contributed by atoms with Crippen LogP contribution in [0.3, 0.4) is 0 Å². The molecule has 2 saturated heterocycles. The number of hydrogen-bond acceptors (Lipinski definition) is 4. The normalized spacial score (nSPS) is 27.9. The molecule has 0 spiro atoms. The van der Waals surface area contributed by atoms with Gasteiger partial charge in [-0.05, 0) is 38.1 Å². The summed E-state index contributed by atoms with van der Waals surface area (Å²) in [6.07, 6.45) is 0. The van der Waals surface area contributed by atoms with Crippen molar-refractivity contribution >= 4 is 20.0 Å². The van der Waals surface area contributed by atoms with Crippen molar-refractivity contribution in [1.29, 1.82) is 0 Å². The Hall–Kier alpha value is -1.74. The number of aryl methyl sites for hydroxylation is 2. The van der Waals surface area contributed by atoms with E-state index >= 15 is 0 Å². The molecule has 0 aliphatic carbocycles. The van der Waals surface area contributed by atoms with E-state index in [1.165, 1.54) is 8.61 Å². The lowest BCUT2D eigenvalue weighted by molar-refractivity contribution is 0.529. The molecule has 2 heterocycles. The second-order valence-electron chi connectivity index (χ2n) is 6.91. The van der Waals surface area contributed by atoms with Crippen LogP contribution < -0.4 is 0 Å². The zero-order chi connectivity index (χ0) is 18.7. The van der Waals surface area contributed by atoms with E-state index in [2.05, 4.69) is 0 Å². The summed E-state index contributed by atoms with van der Waals surface area (Å²) in [5.74, 6) is 0. The molecule has 4 atom stereocenters. The number of benzene rings is 2. The molecule has 26 heavy (non-hydrogen) atoms. The average Bonchev–Trinajstić information content (AvgIpc) is 3.46.